The number of hydrogen-bond acceptors (Lipinski definition) is 3. The Kier molecular flexibility index (Phi) is 4.06. The summed E-state index contributed by atoms with van der Waals surface area (Å²) in [5.74, 6) is -0.359. The van der Waals surface area contributed by atoms with Gasteiger partial charge in [0.05, 0.1) is 7.11 Å². The van der Waals surface area contributed by atoms with Gasteiger partial charge in [0.25, 0.3) is 0 Å². The zero-order valence-corrected chi connectivity index (χ0v) is 7.84. The first-order valence-electron chi connectivity index (χ1n) is 3.73. The van der Waals surface area contributed by atoms with Crippen molar-refractivity contribution in [2.24, 2.45) is 5.92 Å². The lowest BCUT2D eigenvalue weighted by Gasteiger charge is -2.06. The van der Waals surface area contributed by atoms with E-state index < -0.39 is 5.97 Å². The van der Waals surface area contributed by atoms with Crippen molar-refractivity contribution >= 4 is 5.97 Å². The molecular formula is C9H13NO2. The molecule has 0 aliphatic heterocycles. The van der Waals surface area contributed by atoms with Crippen molar-refractivity contribution in [1.82, 2.24) is 0 Å². The summed E-state index contributed by atoms with van der Waals surface area (Å²) < 4.78 is 4.46. The van der Waals surface area contributed by atoms with Crippen LogP contribution in [0.2, 0.25) is 0 Å². The minimum atomic E-state index is -0.552. The highest BCUT2D eigenvalue weighted by Gasteiger charge is 2.14. The minimum absolute atomic E-state index is 0.118. The maximum Gasteiger partial charge on any atom is 0.348 e. The number of allylic oxidation sites excluding steroid dienone is 1. The van der Waals surface area contributed by atoms with Gasteiger partial charge >= 0.3 is 5.97 Å². The average molecular weight is 167 g/mol. The van der Waals surface area contributed by atoms with E-state index in [1.54, 1.807) is 6.92 Å². The highest BCUT2D eigenvalue weighted by molar-refractivity contribution is 5.93. The smallest absolute Gasteiger partial charge is 0.348 e. The van der Waals surface area contributed by atoms with Gasteiger partial charge in [-0.15, -0.1) is 0 Å². The Morgan fingerprint density at radius 3 is 2.25 bits per heavy atom. The monoisotopic (exact) mass is 167 g/mol. The summed E-state index contributed by atoms with van der Waals surface area (Å²) in [4.78, 5) is 11.0. The van der Waals surface area contributed by atoms with Gasteiger partial charge in [0.2, 0.25) is 0 Å². The Morgan fingerprint density at radius 2 is 2.00 bits per heavy atom. The maximum atomic E-state index is 11.0. The van der Waals surface area contributed by atoms with E-state index >= 15 is 0 Å². The second-order valence-electron chi connectivity index (χ2n) is 2.82. The van der Waals surface area contributed by atoms with Gasteiger partial charge in [0.15, 0.2) is 0 Å². The predicted molar refractivity (Wildman–Crippen MR) is 45.2 cm³/mol. The van der Waals surface area contributed by atoms with Crippen LogP contribution in [-0.4, -0.2) is 13.1 Å². The average Bonchev–Trinajstić information content (AvgIpc) is 2.05. The minimum Gasteiger partial charge on any atom is -0.465 e. The molecule has 66 valence electrons. The first-order valence-corrected chi connectivity index (χ1v) is 3.73. The molecule has 0 saturated carbocycles. The number of nitriles is 1. The van der Waals surface area contributed by atoms with E-state index in [1.165, 1.54) is 7.11 Å². The van der Waals surface area contributed by atoms with Crippen LogP contribution in [0.15, 0.2) is 11.1 Å². The summed E-state index contributed by atoms with van der Waals surface area (Å²) in [5, 5.41) is 8.64. The van der Waals surface area contributed by atoms with E-state index in [-0.39, 0.29) is 11.5 Å². The van der Waals surface area contributed by atoms with Gasteiger partial charge in [-0.05, 0) is 18.4 Å². The molecule has 0 saturated heterocycles. The van der Waals surface area contributed by atoms with Gasteiger partial charge in [-0.25, -0.2) is 4.79 Å². The standard InChI is InChI=1S/C9H13NO2/c1-6(2)7(3)8(5-10)9(11)12-4/h6H,1-4H3/b8-7-. The summed E-state index contributed by atoms with van der Waals surface area (Å²) in [6.45, 7) is 5.62. The number of methoxy groups -OCH3 is 1. The van der Waals surface area contributed by atoms with Crippen LogP contribution in [0.5, 0.6) is 0 Å². The van der Waals surface area contributed by atoms with E-state index in [4.69, 9.17) is 5.26 Å². The molecule has 0 radical (unpaired) electrons. The van der Waals surface area contributed by atoms with Crippen molar-refractivity contribution in [2.75, 3.05) is 7.11 Å². The van der Waals surface area contributed by atoms with Crippen LogP contribution in [0.4, 0.5) is 0 Å². The number of esters is 1. The van der Waals surface area contributed by atoms with Crippen LogP contribution in [0.25, 0.3) is 0 Å². The molecule has 0 aliphatic carbocycles. The fraction of sp³-hybridized carbons (Fsp3) is 0.556. The lowest BCUT2D eigenvalue weighted by molar-refractivity contribution is -0.135. The molecule has 0 aliphatic rings. The number of rotatable bonds is 2. The lowest BCUT2D eigenvalue weighted by Crippen LogP contribution is -2.07. The van der Waals surface area contributed by atoms with Crippen molar-refractivity contribution in [3.05, 3.63) is 11.1 Å². The number of carbonyl (C=O) groups excluding carboxylic acids is 1. The Hall–Kier alpha value is -1.30. The molecule has 0 fully saturated rings. The molecule has 0 amide bonds. The summed E-state index contributed by atoms with van der Waals surface area (Å²) >= 11 is 0. The third kappa shape index (κ3) is 2.39. The molecule has 0 aromatic heterocycles. The van der Waals surface area contributed by atoms with Crippen molar-refractivity contribution in [2.45, 2.75) is 20.8 Å². The van der Waals surface area contributed by atoms with Crippen LogP contribution in [0.1, 0.15) is 20.8 Å². The largest absolute Gasteiger partial charge is 0.465 e. The number of hydrogen-bond donors (Lipinski definition) is 0. The van der Waals surface area contributed by atoms with Gasteiger partial charge in [-0.2, -0.15) is 5.26 Å². The van der Waals surface area contributed by atoms with E-state index in [1.807, 2.05) is 19.9 Å². The molecular weight excluding hydrogens is 154 g/mol. The van der Waals surface area contributed by atoms with Gasteiger partial charge in [-0.3, -0.25) is 0 Å². The third-order valence-electron chi connectivity index (χ3n) is 1.76. The molecule has 3 heteroatoms. The number of carbonyl (C=O) groups is 1. The predicted octanol–water partition coefficient (Wildman–Crippen LogP) is 1.66. The van der Waals surface area contributed by atoms with Crippen molar-refractivity contribution in [3.63, 3.8) is 0 Å². The zero-order valence-electron chi connectivity index (χ0n) is 7.84. The molecule has 3 nitrogen and oxygen atoms in total. The van der Waals surface area contributed by atoms with Crippen molar-refractivity contribution in [1.29, 1.82) is 5.26 Å². The quantitative estimate of drug-likeness (QED) is 0.357. The molecule has 0 spiro atoms. The molecule has 0 aromatic carbocycles. The first kappa shape index (κ1) is 10.7. The van der Waals surface area contributed by atoms with Gasteiger partial charge in [-0.1, -0.05) is 13.8 Å². The Morgan fingerprint density at radius 1 is 1.50 bits per heavy atom. The topological polar surface area (TPSA) is 50.1 Å². The van der Waals surface area contributed by atoms with Crippen LogP contribution in [0, 0.1) is 17.2 Å². The normalized spacial score (nSPS) is 12.0. The SMILES string of the molecule is COC(=O)/C(C#N)=C(/C)C(C)C. The summed E-state index contributed by atoms with van der Waals surface area (Å²) in [7, 11) is 1.27. The highest BCUT2D eigenvalue weighted by atomic mass is 16.5. The van der Waals surface area contributed by atoms with E-state index in [0.29, 0.717) is 0 Å². The number of ether oxygens (including phenoxy) is 1. The fourth-order valence-corrected chi connectivity index (χ4v) is 0.686. The lowest BCUT2D eigenvalue weighted by atomic mass is 10.00. The Balaban J connectivity index is 4.90. The second kappa shape index (κ2) is 4.55. The van der Waals surface area contributed by atoms with E-state index in [0.717, 1.165) is 5.57 Å². The molecule has 0 bridgehead atoms. The van der Waals surface area contributed by atoms with Gasteiger partial charge < -0.3 is 4.74 Å². The second-order valence-corrected chi connectivity index (χ2v) is 2.82. The molecule has 0 heterocycles. The third-order valence-corrected chi connectivity index (χ3v) is 1.76. The van der Waals surface area contributed by atoms with Crippen LogP contribution in [0.3, 0.4) is 0 Å². The first-order chi connectivity index (χ1) is 5.54. The molecule has 0 unspecified atom stereocenters. The zero-order chi connectivity index (χ0) is 9.72. The molecule has 0 aromatic rings. The van der Waals surface area contributed by atoms with Crippen LogP contribution < -0.4 is 0 Å². The highest BCUT2D eigenvalue weighted by Crippen LogP contribution is 2.14. The van der Waals surface area contributed by atoms with E-state index in [9.17, 15) is 4.79 Å². The van der Waals surface area contributed by atoms with E-state index in [2.05, 4.69) is 4.74 Å². The summed E-state index contributed by atoms with van der Waals surface area (Å²) in [6.07, 6.45) is 0. The molecule has 12 heavy (non-hydrogen) atoms. The van der Waals surface area contributed by atoms with Gasteiger partial charge in [0, 0.05) is 0 Å². The summed E-state index contributed by atoms with van der Waals surface area (Å²) in [5.41, 5.74) is 0.886. The van der Waals surface area contributed by atoms with Crippen LogP contribution >= 0.6 is 0 Å². The van der Waals surface area contributed by atoms with Crippen molar-refractivity contribution < 1.29 is 9.53 Å². The number of nitrogens with zero attached hydrogens (tertiary/aromatic N) is 1. The summed E-state index contributed by atoms with van der Waals surface area (Å²) in [6, 6.07) is 1.84. The molecule has 0 atom stereocenters. The Labute approximate surface area is 72.6 Å². The molecule has 0 N–H and O–H groups in total. The van der Waals surface area contributed by atoms with Crippen LogP contribution in [-0.2, 0) is 9.53 Å². The van der Waals surface area contributed by atoms with Gasteiger partial charge in [0.1, 0.15) is 11.6 Å². The maximum absolute atomic E-state index is 11.0. The fourth-order valence-electron chi connectivity index (χ4n) is 0.686. The molecule has 0 rings (SSSR count). The van der Waals surface area contributed by atoms with Crippen molar-refractivity contribution in [3.8, 4) is 6.07 Å². The Bertz CT molecular complexity index is 246.